The molecule has 0 N–H and O–H groups in total. The Bertz CT molecular complexity index is 219. The number of hydrogen-bond donors (Lipinski definition) is 0. The Labute approximate surface area is 86.2 Å². The molecule has 0 aliphatic heterocycles. The zero-order chi connectivity index (χ0) is 8.27. The standard InChI is InChI=1S/C6H7Br2NOS/c1-2-3-10-6-9-4(7)5(8)11-6/h2-3H2,1H3. The molecule has 0 atom stereocenters. The minimum atomic E-state index is 0.714. The van der Waals surface area contributed by atoms with Gasteiger partial charge < -0.3 is 4.74 Å². The van der Waals surface area contributed by atoms with Gasteiger partial charge in [-0.05, 0) is 38.3 Å². The van der Waals surface area contributed by atoms with Gasteiger partial charge in [0.25, 0.3) is 5.19 Å². The highest BCUT2D eigenvalue weighted by Gasteiger charge is 2.05. The Kier molecular flexibility index (Phi) is 3.81. The molecular formula is C6H7Br2NOS. The van der Waals surface area contributed by atoms with Crippen molar-refractivity contribution in [2.75, 3.05) is 6.61 Å². The third-order valence-electron chi connectivity index (χ3n) is 0.958. The molecule has 0 saturated heterocycles. The van der Waals surface area contributed by atoms with Crippen molar-refractivity contribution < 1.29 is 4.74 Å². The van der Waals surface area contributed by atoms with Crippen LogP contribution in [0.25, 0.3) is 0 Å². The first-order valence-electron chi connectivity index (χ1n) is 3.18. The second-order valence-electron chi connectivity index (χ2n) is 1.89. The highest BCUT2D eigenvalue weighted by molar-refractivity contribution is 9.13. The van der Waals surface area contributed by atoms with Crippen LogP contribution >= 0.6 is 43.2 Å². The summed E-state index contributed by atoms with van der Waals surface area (Å²) in [6.45, 7) is 2.80. The lowest BCUT2D eigenvalue weighted by atomic mass is 10.5. The Morgan fingerprint density at radius 2 is 2.27 bits per heavy atom. The SMILES string of the molecule is CCCOc1nc(Br)c(Br)s1. The maximum Gasteiger partial charge on any atom is 0.275 e. The Morgan fingerprint density at radius 3 is 2.73 bits per heavy atom. The summed E-state index contributed by atoms with van der Waals surface area (Å²) in [6.07, 6.45) is 1.01. The van der Waals surface area contributed by atoms with Crippen LogP contribution in [0.3, 0.4) is 0 Å². The highest BCUT2D eigenvalue weighted by atomic mass is 79.9. The van der Waals surface area contributed by atoms with Crippen LogP contribution in [0.15, 0.2) is 8.39 Å². The zero-order valence-electron chi connectivity index (χ0n) is 5.93. The molecule has 2 nitrogen and oxygen atoms in total. The van der Waals surface area contributed by atoms with Crippen molar-refractivity contribution in [1.82, 2.24) is 4.98 Å². The molecule has 0 saturated carbocycles. The summed E-state index contributed by atoms with van der Waals surface area (Å²) in [7, 11) is 0. The first-order valence-corrected chi connectivity index (χ1v) is 5.59. The molecule has 0 spiro atoms. The topological polar surface area (TPSA) is 22.1 Å². The minimum absolute atomic E-state index is 0.714. The monoisotopic (exact) mass is 299 g/mol. The van der Waals surface area contributed by atoms with E-state index >= 15 is 0 Å². The zero-order valence-corrected chi connectivity index (χ0v) is 9.92. The maximum absolute atomic E-state index is 5.30. The summed E-state index contributed by atoms with van der Waals surface area (Å²) in [5, 5.41) is 0.714. The van der Waals surface area contributed by atoms with E-state index in [0.29, 0.717) is 5.19 Å². The summed E-state index contributed by atoms with van der Waals surface area (Å²) in [4.78, 5) is 4.11. The molecule has 0 aromatic carbocycles. The molecule has 0 aliphatic rings. The Balaban J connectivity index is 2.58. The van der Waals surface area contributed by atoms with Gasteiger partial charge >= 0.3 is 0 Å². The van der Waals surface area contributed by atoms with Crippen LogP contribution in [-0.4, -0.2) is 11.6 Å². The fraction of sp³-hybridized carbons (Fsp3) is 0.500. The van der Waals surface area contributed by atoms with E-state index in [-0.39, 0.29) is 0 Å². The van der Waals surface area contributed by atoms with E-state index in [1.807, 2.05) is 0 Å². The lowest BCUT2D eigenvalue weighted by molar-refractivity contribution is 0.315. The molecule has 1 heterocycles. The third kappa shape index (κ3) is 2.72. The van der Waals surface area contributed by atoms with Gasteiger partial charge in [0.05, 0.1) is 6.61 Å². The van der Waals surface area contributed by atoms with E-state index in [1.165, 1.54) is 11.3 Å². The van der Waals surface area contributed by atoms with E-state index in [2.05, 4.69) is 43.8 Å². The van der Waals surface area contributed by atoms with Gasteiger partial charge in [0.15, 0.2) is 0 Å². The average Bonchev–Trinajstić information content (AvgIpc) is 2.28. The molecule has 0 aliphatic carbocycles. The molecule has 0 bridgehead atoms. The van der Waals surface area contributed by atoms with Gasteiger partial charge in [-0.25, -0.2) is 0 Å². The molecule has 1 aromatic heterocycles. The molecule has 0 unspecified atom stereocenters. The van der Waals surface area contributed by atoms with Crippen LogP contribution in [0.4, 0.5) is 0 Å². The summed E-state index contributed by atoms with van der Waals surface area (Å²) in [5.74, 6) is 0. The average molecular weight is 301 g/mol. The van der Waals surface area contributed by atoms with Crippen molar-refractivity contribution in [3.05, 3.63) is 8.39 Å². The highest BCUT2D eigenvalue weighted by Crippen LogP contribution is 2.33. The number of rotatable bonds is 3. The van der Waals surface area contributed by atoms with Crippen molar-refractivity contribution in [1.29, 1.82) is 0 Å². The maximum atomic E-state index is 5.30. The molecule has 0 amide bonds. The normalized spacial score (nSPS) is 10.1. The van der Waals surface area contributed by atoms with Gasteiger partial charge in [-0.15, -0.1) is 0 Å². The van der Waals surface area contributed by atoms with Crippen molar-refractivity contribution in [2.45, 2.75) is 13.3 Å². The van der Waals surface area contributed by atoms with Gasteiger partial charge in [0.1, 0.15) is 8.39 Å². The fourth-order valence-corrected chi connectivity index (χ4v) is 2.10. The van der Waals surface area contributed by atoms with E-state index in [9.17, 15) is 0 Å². The number of halogens is 2. The van der Waals surface area contributed by atoms with Crippen LogP contribution < -0.4 is 4.74 Å². The third-order valence-corrected chi connectivity index (χ3v) is 3.94. The Hall–Kier alpha value is 0.390. The summed E-state index contributed by atoms with van der Waals surface area (Å²) in [6, 6.07) is 0. The number of thiazole rings is 1. The van der Waals surface area contributed by atoms with Crippen LogP contribution in [-0.2, 0) is 0 Å². The van der Waals surface area contributed by atoms with E-state index in [0.717, 1.165) is 21.4 Å². The molecular weight excluding hydrogens is 294 g/mol. The summed E-state index contributed by atoms with van der Waals surface area (Å²) >= 11 is 8.11. The molecule has 1 rings (SSSR count). The first-order chi connectivity index (χ1) is 5.24. The summed E-state index contributed by atoms with van der Waals surface area (Å²) < 4.78 is 7.09. The molecule has 0 radical (unpaired) electrons. The second kappa shape index (κ2) is 4.42. The number of ether oxygens (including phenoxy) is 1. The first kappa shape index (κ1) is 9.48. The largest absolute Gasteiger partial charge is 0.470 e. The van der Waals surface area contributed by atoms with Crippen LogP contribution in [0, 0.1) is 0 Å². The van der Waals surface area contributed by atoms with Crippen LogP contribution in [0.5, 0.6) is 5.19 Å². The predicted molar refractivity (Wildman–Crippen MR) is 53.3 cm³/mol. The van der Waals surface area contributed by atoms with Crippen molar-refractivity contribution in [2.24, 2.45) is 0 Å². The van der Waals surface area contributed by atoms with Gasteiger partial charge in [0.2, 0.25) is 0 Å². The molecule has 62 valence electrons. The second-order valence-corrected chi connectivity index (χ2v) is 4.92. The number of hydrogen-bond acceptors (Lipinski definition) is 3. The number of nitrogens with zero attached hydrogens (tertiary/aromatic N) is 1. The lowest BCUT2D eigenvalue weighted by Gasteiger charge is -1.95. The van der Waals surface area contributed by atoms with Gasteiger partial charge in [-0.3, -0.25) is 0 Å². The molecule has 1 aromatic rings. The van der Waals surface area contributed by atoms with Crippen molar-refractivity contribution in [3.8, 4) is 5.19 Å². The quantitative estimate of drug-likeness (QED) is 0.853. The van der Waals surface area contributed by atoms with Crippen molar-refractivity contribution in [3.63, 3.8) is 0 Å². The Morgan fingerprint density at radius 1 is 1.55 bits per heavy atom. The number of aromatic nitrogens is 1. The molecule has 5 heteroatoms. The van der Waals surface area contributed by atoms with E-state index in [1.54, 1.807) is 0 Å². The van der Waals surface area contributed by atoms with Crippen molar-refractivity contribution >= 4 is 43.2 Å². The predicted octanol–water partition coefficient (Wildman–Crippen LogP) is 3.46. The van der Waals surface area contributed by atoms with Gasteiger partial charge in [-0.1, -0.05) is 18.3 Å². The van der Waals surface area contributed by atoms with Gasteiger partial charge in [0, 0.05) is 0 Å². The smallest absolute Gasteiger partial charge is 0.275 e. The fourth-order valence-electron chi connectivity index (χ4n) is 0.517. The van der Waals surface area contributed by atoms with E-state index in [4.69, 9.17) is 4.74 Å². The molecule has 11 heavy (non-hydrogen) atoms. The minimum Gasteiger partial charge on any atom is -0.470 e. The van der Waals surface area contributed by atoms with Crippen LogP contribution in [0.2, 0.25) is 0 Å². The molecule has 0 fully saturated rings. The van der Waals surface area contributed by atoms with Gasteiger partial charge in [-0.2, -0.15) is 4.98 Å². The van der Waals surface area contributed by atoms with Crippen LogP contribution in [0.1, 0.15) is 13.3 Å². The lowest BCUT2D eigenvalue weighted by Crippen LogP contribution is -1.93. The van der Waals surface area contributed by atoms with E-state index < -0.39 is 0 Å². The summed E-state index contributed by atoms with van der Waals surface area (Å²) in [5.41, 5.74) is 0.